The van der Waals surface area contributed by atoms with Gasteiger partial charge < -0.3 is 0 Å². The maximum absolute atomic E-state index is 13.9. The van der Waals surface area contributed by atoms with Gasteiger partial charge in [-0.2, -0.15) is 9.78 Å². The van der Waals surface area contributed by atoms with Gasteiger partial charge in [0.05, 0.1) is 16.6 Å². The van der Waals surface area contributed by atoms with Crippen molar-refractivity contribution >= 4 is 51.0 Å². The highest BCUT2D eigenvalue weighted by Gasteiger charge is 2.13. The van der Waals surface area contributed by atoms with Crippen LogP contribution >= 0.6 is 34.5 Å². The molecule has 4 aromatic rings. The van der Waals surface area contributed by atoms with E-state index in [1.807, 2.05) is 17.5 Å². The molecule has 4 rings (SSSR count). The minimum absolute atomic E-state index is 0.106. The average molecular weight is 418 g/mol. The summed E-state index contributed by atoms with van der Waals surface area (Å²) in [5.41, 5.74) is 1.35. The minimum atomic E-state index is -0.522. The zero-order valence-electron chi connectivity index (χ0n) is 13.6. The Morgan fingerprint density at radius 1 is 1.15 bits per heavy atom. The molecule has 0 spiro atoms. The van der Waals surface area contributed by atoms with E-state index in [0.29, 0.717) is 15.2 Å². The molecule has 0 amide bonds. The van der Waals surface area contributed by atoms with Crippen molar-refractivity contribution in [1.29, 1.82) is 0 Å². The molecular weight excluding hydrogens is 408 g/mol. The molecule has 2 heterocycles. The molecule has 8 heteroatoms. The van der Waals surface area contributed by atoms with Gasteiger partial charge in [0.15, 0.2) is 0 Å². The van der Waals surface area contributed by atoms with Gasteiger partial charge >= 0.3 is 0 Å². The number of nitrogens with zero attached hydrogens (tertiary/aromatic N) is 3. The number of hydrogen-bond donors (Lipinski definition) is 0. The Morgan fingerprint density at radius 3 is 2.67 bits per heavy atom. The number of rotatable bonds is 3. The van der Waals surface area contributed by atoms with Crippen LogP contribution in [0.5, 0.6) is 0 Å². The fourth-order valence-electron chi connectivity index (χ4n) is 2.60. The lowest BCUT2D eigenvalue weighted by molar-refractivity contribution is 0.625. The predicted molar refractivity (Wildman–Crippen MR) is 109 cm³/mol. The maximum atomic E-state index is 13.9. The van der Waals surface area contributed by atoms with Gasteiger partial charge in [-0.25, -0.2) is 9.37 Å². The van der Waals surface area contributed by atoms with Crippen molar-refractivity contribution in [1.82, 2.24) is 9.66 Å². The van der Waals surface area contributed by atoms with Crippen LogP contribution in [-0.2, 0) is 0 Å². The van der Waals surface area contributed by atoms with Gasteiger partial charge in [0.25, 0.3) is 5.56 Å². The van der Waals surface area contributed by atoms with Crippen molar-refractivity contribution in [3.63, 3.8) is 0 Å². The van der Waals surface area contributed by atoms with Crippen LogP contribution in [0.2, 0.25) is 10.0 Å². The molecule has 0 saturated heterocycles. The summed E-state index contributed by atoms with van der Waals surface area (Å²) < 4.78 is 15.0. The Kier molecular flexibility index (Phi) is 4.78. The highest BCUT2D eigenvalue weighted by atomic mass is 35.5. The van der Waals surface area contributed by atoms with E-state index in [0.717, 1.165) is 15.8 Å². The molecule has 27 heavy (non-hydrogen) atoms. The van der Waals surface area contributed by atoms with E-state index < -0.39 is 5.82 Å². The van der Waals surface area contributed by atoms with E-state index in [4.69, 9.17) is 23.2 Å². The largest absolute Gasteiger partial charge is 0.283 e. The van der Waals surface area contributed by atoms with Crippen LogP contribution in [-0.4, -0.2) is 15.9 Å². The SMILES string of the molecule is O=c1c2c(-c3ccc(Cl)cc3)csc2ncn1/N=C\c1c(F)cccc1Cl. The highest BCUT2D eigenvalue weighted by Crippen LogP contribution is 2.31. The van der Waals surface area contributed by atoms with Gasteiger partial charge in [-0.15, -0.1) is 11.3 Å². The van der Waals surface area contributed by atoms with Gasteiger partial charge in [-0.05, 0) is 29.8 Å². The summed E-state index contributed by atoms with van der Waals surface area (Å²) in [6, 6.07) is 11.5. The molecule has 2 aromatic heterocycles. The molecule has 0 saturated carbocycles. The van der Waals surface area contributed by atoms with Crippen LogP contribution in [0.25, 0.3) is 21.3 Å². The summed E-state index contributed by atoms with van der Waals surface area (Å²) in [5.74, 6) is -0.522. The second-order valence-electron chi connectivity index (χ2n) is 5.61. The standard InChI is InChI=1S/C19H10Cl2FN3OS/c20-12-6-4-11(5-7-12)14-9-27-18-17(14)19(26)25(10-23-18)24-8-13-15(21)2-1-3-16(13)22/h1-10H/b24-8-. The first kappa shape index (κ1) is 17.9. The van der Waals surface area contributed by atoms with Gasteiger partial charge in [-0.3, -0.25) is 4.79 Å². The van der Waals surface area contributed by atoms with Crippen LogP contribution in [0.3, 0.4) is 0 Å². The lowest BCUT2D eigenvalue weighted by Gasteiger charge is -2.02. The van der Waals surface area contributed by atoms with Crippen molar-refractivity contribution in [3.05, 3.63) is 86.0 Å². The molecule has 0 fully saturated rings. The molecule has 0 atom stereocenters. The Labute approximate surface area is 167 Å². The molecule has 2 aromatic carbocycles. The van der Waals surface area contributed by atoms with Crippen molar-refractivity contribution in [2.24, 2.45) is 5.10 Å². The minimum Gasteiger partial charge on any atom is -0.267 e. The Bertz CT molecular complexity index is 1210. The number of aromatic nitrogens is 2. The number of thiophene rings is 1. The van der Waals surface area contributed by atoms with E-state index in [9.17, 15) is 9.18 Å². The molecule has 134 valence electrons. The van der Waals surface area contributed by atoms with Crippen molar-refractivity contribution in [3.8, 4) is 11.1 Å². The monoisotopic (exact) mass is 417 g/mol. The topological polar surface area (TPSA) is 47.2 Å². The second kappa shape index (κ2) is 7.23. The molecule has 0 aliphatic heterocycles. The lowest BCUT2D eigenvalue weighted by Crippen LogP contribution is -2.17. The molecule has 0 aliphatic carbocycles. The van der Waals surface area contributed by atoms with Crippen LogP contribution in [0.15, 0.2) is 64.1 Å². The highest BCUT2D eigenvalue weighted by molar-refractivity contribution is 7.17. The average Bonchev–Trinajstić information content (AvgIpc) is 3.08. The smallest absolute Gasteiger partial charge is 0.267 e. The zero-order valence-corrected chi connectivity index (χ0v) is 15.9. The van der Waals surface area contributed by atoms with Crippen molar-refractivity contribution < 1.29 is 4.39 Å². The van der Waals surface area contributed by atoms with Gasteiger partial charge in [0, 0.05) is 21.5 Å². The third kappa shape index (κ3) is 3.39. The van der Waals surface area contributed by atoms with E-state index >= 15 is 0 Å². The summed E-state index contributed by atoms with van der Waals surface area (Å²) >= 11 is 13.3. The summed E-state index contributed by atoms with van der Waals surface area (Å²) in [7, 11) is 0. The van der Waals surface area contributed by atoms with Gasteiger partial charge in [-0.1, -0.05) is 41.4 Å². The normalized spacial score (nSPS) is 11.5. The molecule has 4 nitrogen and oxygen atoms in total. The van der Waals surface area contributed by atoms with E-state index in [-0.39, 0.29) is 16.1 Å². The summed E-state index contributed by atoms with van der Waals surface area (Å²) in [6.07, 6.45) is 2.51. The first-order valence-corrected chi connectivity index (χ1v) is 9.41. The van der Waals surface area contributed by atoms with Crippen molar-refractivity contribution in [2.75, 3.05) is 0 Å². The second-order valence-corrected chi connectivity index (χ2v) is 7.31. The van der Waals surface area contributed by atoms with E-state index in [1.54, 1.807) is 18.2 Å². The third-order valence-electron chi connectivity index (χ3n) is 3.94. The lowest BCUT2D eigenvalue weighted by atomic mass is 10.1. The molecule has 0 aliphatic rings. The van der Waals surface area contributed by atoms with Crippen molar-refractivity contribution in [2.45, 2.75) is 0 Å². The zero-order chi connectivity index (χ0) is 19.0. The Hall–Kier alpha value is -2.54. The number of fused-ring (bicyclic) bond motifs is 1. The molecule has 0 radical (unpaired) electrons. The maximum Gasteiger partial charge on any atom is 0.283 e. The number of benzene rings is 2. The first-order valence-electron chi connectivity index (χ1n) is 7.78. The molecule has 0 N–H and O–H groups in total. The molecule has 0 unspecified atom stereocenters. The van der Waals surface area contributed by atoms with Crippen LogP contribution < -0.4 is 5.56 Å². The summed E-state index contributed by atoms with van der Waals surface area (Å²) in [5, 5.41) is 7.18. The van der Waals surface area contributed by atoms with Gasteiger partial charge in [0.1, 0.15) is 17.0 Å². The van der Waals surface area contributed by atoms with E-state index in [1.165, 1.54) is 36.0 Å². The fourth-order valence-corrected chi connectivity index (χ4v) is 3.85. The van der Waals surface area contributed by atoms with Crippen LogP contribution in [0.1, 0.15) is 5.56 Å². The van der Waals surface area contributed by atoms with E-state index in [2.05, 4.69) is 10.1 Å². The molecular formula is C19H10Cl2FN3OS. The van der Waals surface area contributed by atoms with Gasteiger partial charge in [0.2, 0.25) is 0 Å². The van der Waals surface area contributed by atoms with Crippen LogP contribution in [0, 0.1) is 5.82 Å². The van der Waals surface area contributed by atoms with Crippen LogP contribution in [0.4, 0.5) is 4.39 Å². The predicted octanol–water partition coefficient (Wildman–Crippen LogP) is 5.45. The first-order chi connectivity index (χ1) is 13.0. The fraction of sp³-hybridized carbons (Fsp3) is 0. The number of halogens is 3. The summed E-state index contributed by atoms with van der Waals surface area (Å²) in [6.45, 7) is 0. The summed E-state index contributed by atoms with van der Waals surface area (Å²) in [4.78, 5) is 17.8. The quantitative estimate of drug-likeness (QED) is 0.415. The number of hydrogen-bond acceptors (Lipinski definition) is 4. The molecule has 0 bridgehead atoms. The Balaban J connectivity index is 1.83. The third-order valence-corrected chi connectivity index (χ3v) is 5.41. The Morgan fingerprint density at radius 2 is 1.93 bits per heavy atom.